The molecule has 0 saturated heterocycles. The van der Waals surface area contributed by atoms with Crippen LogP contribution in [-0.4, -0.2) is 55.5 Å². The molecule has 5 rings (SSSR count). The van der Waals surface area contributed by atoms with Crippen LogP contribution >= 0.6 is 0 Å². The van der Waals surface area contributed by atoms with Crippen molar-refractivity contribution in [2.24, 2.45) is 0 Å². The molecule has 2 heterocycles. The van der Waals surface area contributed by atoms with Crippen molar-refractivity contribution in [1.29, 1.82) is 0 Å². The van der Waals surface area contributed by atoms with E-state index in [-0.39, 0.29) is 0 Å². The lowest BCUT2D eigenvalue weighted by Crippen LogP contribution is -1.99. The zero-order valence-corrected chi connectivity index (χ0v) is 18.7. The molecule has 0 radical (unpaired) electrons. The summed E-state index contributed by atoms with van der Waals surface area (Å²) in [5.41, 5.74) is 8.23. The van der Waals surface area contributed by atoms with E-state index in [1.54, 1.807) is 14.2 Å². The SMILES string of the molecule is COCc1cc(-c2ccc(-c3nn[nH]n3)cc2)c(COC)cc1-c1ccc(-c2nn[nH]n2)cc1. The number of ether oxygens (including phenoxy) is 2. The van der Waals surface area contributed by atoms with Crippen LogP contribution in [0.4, 0.5) is 0 Å². The Morgan fingerprint density at radius 2 is 0.971 bits per heavy atom. The standard InChI is InChI=1S/C24H22N8O2/c1-33-13-19-11-22(16-5-9-18(10-6-16)24-27-31-32-28-24)20(14-34-2)12-21(19)15-3-7-17(8-4-15)23-25-29-30-26-23/h3-12H,13-14H2,1-2H3,(H,25,26,29,30)(H,27,28,31,32). The third-order valence-corrected chi connectivity index (χ3v) is 5.53. The summed E-state index contributed by atoms with van der Waals surface area (Å²) in [6.45, 7) is 0.951. The van der Waals surface area contributed by atoms with Gasteiger partial charge in [0.1, 0.15) is 0 Å². The largest absolute Gasteiger partial charge is 0.380 e. The quantitative estimate of drug-likeness (QED) is 0.363. The molecule has 2 N–H and O–H groups in total. The molecule has 5 aromatic rings. The summed E-state index contributed by atoms with van der Waals surface area (Å²) in [6, 6.07) is 20.5. The van der Waals surface area contributed by atoms with Crippen LogP contribution < -0.4 is 0 Å². The van der Waals surface area contributed by atoms with E-state index in [1.807, 2.05) is 24.3 Å². The summed E-state index contributed by atoms with van der Waals surface area (Å²) in [6.07, 6.45) is 0. The zero-order chi connectivity index (χ0) is 23.3. The predicted molar refractivity (Wildman–Crippen MR) is 125 cm³/mol. The molecule has 0 saturated carbocycles. The van der Waals surface area contributed by atoms with Crippen LogP contribution in [0.2, 0.25) is 0 Å². The molecule has 0 amide bonds. The molecule has 10 heteroatoms. The Hall–Kier alpha value is -4.28. The molecular weight excluding hydrogens is 432 g/mol. The van der Waals surface area contributed by atoms with Crippen molar-refractivity contribution in [3.05, 3.63) is 71.8 Å². The highest BCUT2D eigenvalue weighted by molar-refractivity contribution is 5.78. The zero-order valence-electron chi connectivity index (χ0n) is 18.7. The first-order valence-corrected chi connectivity index (χ1v) is 10.6. The normalized spacial score (nSPS) is 11.1. The second-order valence-electron chi connectivity index (χ2n) is 7.66. The van der Waals surface area contributed by atoms with E-state index in [1.165, 1.54) is 0 Å². The summed E-state index contributed by atoms with van der Waals surface area (Å²) in [4.78, 5) is 0. The van der Waals surface area contributed by atoms with E-state index >= 15 is 0 Å². The number of rotatable bonds is 8. The van der Waals surface area contributed by atoms with Crippen LogP contribution in [0.5, 0.6) is 0 Å². The molecular formula is C24H22N8O2. The number of aromatic amines is 2. The first-order chi connectivity index (χ1) is 16.8. The first-order valence-electron chi connectivity index (χ1n) is 10.6. The number of hydrogen-bond donors (Lipinski definition) is 2. The van der Waals surface area contributed by atoms with Gasteiger partial charge in [-0.1, -0.05) is 48.5 Å². The topological polar surface area (TPSA) is 127 Å². The van der Waals surface area contributed by atoms with Crippen molar-refractivity contribution in [3.8, 4) is 45.0 Å². The lowest BCUT2D eigenvalue weighted by atomic mass is 9.90. The molecule has 3 aromatic carbocycles. The van der Waals surface area contributed by atoms with Crippen molar-refractivity contribution < 1.29 is 9.47 Å². The molecule has 0 atom stereocenters. The molecule has 0 aliphatic heterocycles. The van der Waals surface area contributed by atoms with Crippen molar-refractivity contribution in [3.63, 3.8) is 0 Å². The fourth-order valence-electron chi connectivity index (χ4n) is 3.94. The van der Waals surface area contributed by atoms with Gasteiger partial charge in [-0.15, -0.1) is 20.4 Å². The van der Waals surface area contributed by atoms with Crippen molar-refractivity contribution in [1.82, 2.24) is 41.2 Å². The van der Waals surface area contributed by atoms with Gasteiger partial charge in [0, 0.05) is 25.3 Å². The van der Waals surface area contributed by atoms with E-state index in [9.17, 15) is 0 Å². The van der Waals surface area contributed by atoms with Crippen LogP contribution in [0.1, 0.15) is 11.1 Å². The highest BCUT2D eigenvalue weighted by atomic mass is 16.5. The van der Waals surface area contributed by atoms with Gasteiger partial charge in [0.15, 0.2) is 0 Å². The number of nitrogens with one attached hydrogen (secondary N) is 2. The molecule has 10 nitrogen and oxygen atoms in total. The van der Waals surface area contributed by atoms with Gasteiger partial charge in [-0.2, -0.15) is 10.4 Å². The second-order valence-corrected chi connectivity index (χ2v) is 7.66. The van der Waals surface area contributed by atoms with E-state index in [0.717, 1.165) is 44.5 Å². The number of methoxy groups -OCH3 is 2. The number of benzene rings is 3. The Morgan fingerprint density at radius 1 is 0.588 bits per heavy atom. The third kappa shape index (κ3) is 4.32. The Balaban J connectivity index is 1.55. The summed E-state index contributed by atoms with van der Waals surface area (Å²) < 4.78 is 11.1. The second kappa shape index (κ2) is 9.69. The maximum Gasteiger partial charge on any atom is 0.204 e. The highest BCUT2D eigenvalue weighted by Gasteiger charge is 2.15. The van der Waals surface area contributed by atoms with Gasteiger partial charge >= 0.3 is 0 Å². The minimum Gasteiger partial charge on any atom is -0.380 e. The number of tetrazole rings is 2. The van der Waals surface area contributed by atoms with Gasteiger partial charge in [-0.05, 0) is 55.9 Å². The molecule has 0 aliphatic rings. The molecule has 0 unspecified atom stereocenters. The van der Waals surface area contributed by atoms with Crippen LogP contribution in [0.25, 0.3) is 45.0 Å². The maximum atomic E-state index is 5.54. The van der Waals surface area contributed by atoms with Crippen LogP contribution in [-0.2, 0) is 22.7 Å². The predicted octanol–water partition coefficient (Wildman–Crippen LogP) is 3.67. The van der Waals surface area contributed by atoms with Crippen LogP contribution in [0, 0.1) is 0 Å². The summed E-state index contributed by atoms with van der Waals surface area (Å²) in [7, 11) is 3.40. The third-order valence-electron chi connectivity index (χ3n) is 5.53. The van der Waals surface area contributed by atoms with Gasteiger partial charge in [0.2, 0.25) is 11.6 Å². The Labute approximate surface area is 195 Å². The Bertz CT molecular complexity index is 1240. The summed E-state index contributed by atoms with van der Waals surface area (Å²) in [5, 5.41) is 28.4. The summed E-state index contributed by atoms with van der Waals surface area (Å²) >= 11 is 0. The van der Waals surface area contributed by atoms with E-state index in [0.29, 0.717) is 24.9 Å². The lowest BCUT2D eigenvalue weighted by molar-refractivity contribution is 0.183. The number of hydrogen-bond acceptors (Lipinski definition) is 8. The highest BCUT2D eigenvalue weighted by Crippen LogP contribution is 2.34. The monoisotopic (exact) mass is 454 g/mol. The minimum absolute atomic E-state index is 0.475. The Kier molecular flexibility index (Phi) is 6.15. The van der Waals surface area contributed by atoms with E-state index in [2.05, 4.69) is 77.6 Å². The van der Waals surface area contributed by atoms with E-state index < -0.39 is 0 Å². The van der Waals surface area contributed by atoms with Crippen molar-refractivity contribution in [2.45, 2.75) is 13.2 Å². The summed E-state index contributed by atoms with van der Waals surface area (Å²) in [5.74, 6) is 1.12. The molecule has 0 bridgehead atoms. The number of aromatic nitrogens is 8. The molecule has 0 aliphatic carbocycles. The van der Waals surface area contributed by atoms with Gasteiger partial charge in [-0.3, -0.25) is 0 Å². The fourth-order valence-corrected chi connectivity index (χ4v) is 3.94. The number of nitrogens with zero attached hydrogens (tertiary/aromatic N) is 6. The van der Waals surface area contributed by atoms with Crippen LogP contribution in [0.15, 0.2) is 60.7 Å². The van der Waals surface area contributed by atoms with Gasteiger partial charge in [0.25, 0.3) is 0 Å². The molecule has 34 heavy (non-hydrogen) atoms. The average Bonchev–Trinajstić information content (AvgIpc) is 3.60. The van der Waals surface area contributed by atoms with Crippen LogP contribution in [0.3, 0.4) is 0 Å². The fraction of sp³-hybridized carbons (Fsp3) is 0.167. The molecule has 170 valence electrons. The van der Waals surface area contributed by atoms with Gasteiger partial charge < -0.3 is 9.47 Å². The van der Waals surface area contributed by atoms with Crippen molar-refractivity contribution >= 4 is 0 Å². The van der Waals surface area contributed by atoms with Gasteiger partial charge in [-0.25, -0.2) is 0 Å². The minimum atomic E-state index is 0.475. The number of H-pyrrole nitrogens is 2. The Morgan fingerprint density at radius 3 is 1.29 bits per heavy atom. The molecule has 0 spiro atoms. The average molecular weight is 454 g/mol. The molecule has 2 aromatic heterocycles. The van der Waals surface area contributed by atoms with E-state index in [4.69, 9.17) is 9.47 Å². The smallest absolute Gasteiger partial charge is 0.204 e. The maximum absolute atomic E-state index is 5.54. The first kappa shape index (κ1) is 21.6. The van der Waals surface area contributed by atoms with Gasteiger partial charge in [0.05, 0.1) is 13.2 Å². The lowest BCUT2D eigenvalue weighted by Gasteiger charge is -2.17. The van der Waals surface area contributed by atoms with Crippen molar-refractivity contribution in [2.75, 3.05) is 14.2 Å². The molecule has 0 fully saturated rings.